The maximum absolute atomic E-state index is 13.0. The summed E-state index contributed by atoms with van der Waals surface area (Å²) in [6.07, 6.45) is 3.24. The van der Waals surface area contributed by atoms with Crippen molar-refractivity contribution in [1.82, 2.24) is 14.8 Å². The first-order valence-corrected chi connectivity index (χ1v) is 10.9. The van der Waals surface area contributed by atoms with Gasteiger partial charge in [0.1, 0.15) is 11.5 Å². The second-order valence-corrected chi connectivity index (χ2v) is 9.60. The third kappa shape index (κ3) is 3.64. The Morgan fingerprint density at radius 2 is 1.96 bits per heavy atom. The van der Waals surface area contributed by atoms with Crippen molar-refractivity contribution in [2.45, 2.75) is 32.5 Å². The molecule has 0 unspecified atom stereocenters. The van der Waals surface area contributed by atoms with E-state index >= 15 is 0 Å². The van der Waals surface area contributed by atoms with Gasteiger partial charge in [0.05, 0.1) is 29.7 Å². The SMILES string of the molecule is Cc1cncc(C(=O)N2CCN(Cc3ccc(C)o3)[C@@H]3CS(=O)(=O)C[C@@H]32)c1. The molecule has 0 saturated carbocycles. The largest absolute Gasteiger partial charge is 0.465 e. The lowest BCUT2D eigenvalue weighted by atomic mass is 10.0. The summed E-state index contributed by atoms with van der Waals surface area (Å²) < 4.78 is 30.4. The molecule has 0 spiro atoms. The number of aryl methyl sites for hydroxylation is 2. The van der Waals surface area contributed by atoms with E-state index in [1.807, 2.05) is 26.0 Å². The van der Waals surface area contributed by atoms with Crippen LogP contribution in [-0.4, -0.2) is 65.8 Å². The molecule has 4 rings (SSSR count). The average molecular weight is 389 g/mol. The van der Waals surface area contributed by atoms with E-state index in [0.29, 0.717) is 25.2 Å². The number of hydrogen-bond acceptors (Lipinski definition) is 6. The highest BCUT2D eigenvalue weighted by molar-refractivity contribution is 7.91. The van der Waals surface area contributed by atoms with Crippen molar-refractivity contribution < 1.29 is 17.6 Å². The van der Waals surface area contributed by atoms with Gasteiger partial charge in [-0.15, -0.1) is 0 Å². The number of hydrogen-bond donors (Lipinski definition) is 0. The van der Waals surface area contributed by atoms with Gasteiger partial charge in [-0.2, -0.15) is 0 Å². The Morgan fingerprint density at radius 1 is 1.19 bits per heavy atom. The van der Waals surface area contributed by atoms with Crippen molar-refractivity contribution in [3.05, 3.63) is 53.2 Å². The number of rotatable bonds is 3. The Morgan fingerprint density at radius 3 is 2.67 bits per heavy atom. The maximum Gasteiger partial charge on any atom is 0.255 e. The van der Waals surface area contributed by atoms with Gasteiger partial charge in [0.25, 0.3) is 5.91 Å². The molecule has 0 N–H and O–H groups in total. The summed E-state index contributed by atoms with van der Waals surface area (Å²) in [5.74, 6) is 1.59. The summed E-state index contributed by atoms with van der Waals surface area (Å²) in [7, 11) is -3.19. The number of pyridine rings is 1. The minimum absolute atomic E-state index is 0.0103. The Kier molecular flexibility index (Phi) is 4.55. The lowest BCUT2D eigenvalue weighted by molar-refractivity contribution is 0.0284. The van der Waals surface area contributed by atoms with E-state index in [9.17, 15) is 13.2 Å². The molecule has 2 aromatic rings. The zero-order valence-corrected chi connectivity index (χ0v) is 16.3. The van der Waals surface area contributed by atoms with Gasteiger partial charge in [0.2, 0.25) is 0 Å². The number of furan rings is 1. The Hall–Kier alpha value is -2.19. The normalized spacial score (nSPS) is 24.7. The molecule has 1 amide bonds. The zero-order chi connectivity index (χ0) is 19.2. The van der Waals surface area contributed by atoms with E-state index in [1.165, 1.54) is 0 Å². The summed E-state index contributed by atoms with van der Waals surface area (Å²) in [5.41, 5.74) is 1.41. The van der Waals surface area contributed by atoms with Gasteiger partial charge in [-0.3, -0.25) is 14.7 Å². The van der Waals surface area contributed by atoms with E-state index in [2.05, 4.69) is 9.88 Å². The van der Waals surface area contributed by atoms with Crippen molar-refractivity contribution in [2.24, 2.45) is 0 Å². The van der Waals surface area contributed by atoms with E-state index in [0.717, 1.165) is 17.1 Å². The number of nitrogens with zero attached hydrogens (tertiary/aromatic N) is 3. The highest BCUT2D eigenvalue weighted by atomic mass is 32.2. The smallest absolute Gasteiger partial charge is 0.255 e. The monoisotopic (exact) mass is 389 g/mol. The van der Waals surface area contributed by atoms with Gasteiger partial charge < -0.3 is 9.32 Å². The van der Waals surface area contributed by atoms with Crippen LogP contribution in [0.15, 0.2) is 35.0 Å². The number of carbonyl (C=O) groups is 1. The fourth-order valence-electron chi connectivity index (χ4n) is 4.08. The summed E-state index contributed by atoms with van der Waals surface area (Å²) >= 11 is 0. The number of piperazine rings is 1. The minimum Gasteiger partial charge on any atom is -0.465 e. The summed E-state index contributed by atoms with van der Waals surface area (Å²) in [6, 6.07) is 5.07. The highest BCUT2D eigenvalue weighted by Gasteiger charge is 2.48. The lowest BCUT2D eigenvalue weighted by Gasteiger charge is -2.43. The third-order valence-corrected chi connectivity index (χ3v) is 7.03. The molecule has 27 heavy (non-hydrogen) atoms. The van der Waals surface area contributed by atoms with E-state index in [4.69, 9.17) is 4.42 Å². The Labute approximate surface area is 158 Å². The molecule has 2 aromatic heterocycles. The van der Waals surface area contributed by atoms with Crippen molar-refractivity contribution in [3.63, 3.8) is 0 Å². The van der Waals surface area contributed by atoms with E-state index in [1.54, 1.807) is 23.4 Å². The van der Waals surface area contributed by atoms with Crippen LogP contribution in [0.25, 0.3) is 0 Å². The van der Waals surface area contributed by atoms with Gasteiger partial charge in [0, 0.05) is 31.5 Å². The molecule has 2 fully saturated rings. The van der Waals surface area contributed by atoms with E-state index in [-0.39, 0.29) is 29.5 Å². The van der Waals surface area contributed by atoms with Crippen LogP contribution in [0.1, 0.15) is 27.4 Å². The fourth-order valence-corrected chi connectivity index (χ4v) is 6.09. The molecule has 2 aliphatic rings. The molecule has 0 aliphatic carbocycles. The van der Waals surface area contributed by atoms with Gasteiger partial charge in [-0.1, -0.05) is 0 Å². The molecule has 0 radical (unpaired) electrons. The molecule has 2 saturated heterocycles. The van der Waals surface area contributed by atoms with Crippen molar-refractivity contribution in [1.29, 1.82) is 0 Å². The van der Waals surface area contributed by atoms with Crippen molar-refractivity contribution >= 4 is 15.7 Å². The summed E-state index contributed by atoms with van der Waals surface area (Å²) in [5, 5.41) is 0. The molecule has 2 atom stereocenters. The highest BCUT2D eigenvalue weighted by Crippen LogP contribution is 2.29. The van der Waals surface area contributed by atoms with Crippen LogP contribution in [-0.2, 0) is 16.4 Å². The van der Waals surface area contributed by atoms with Crippen LogP contribution < -0.4 is 0 Å². The standard InChI is InChI=1S/C19H23N3O4S/c1-13-7-15(9-20-8-13)19(23)22-6-5-21(10-16-4-3-14(2)26-16)17-11-27(24,25)12-18(17)22/h3-4,7-9,17-18H,5-6,10-12H2,1-2H3/t17-,18+/m1/s1. The van der Waals surface area contributed by atoms with Crippen LogP contribution >= 0.6 is 0 Å². The number of aromatic nitrogens is 1. The first-order valence-electron chi connectivity index (χ1n) is 9.05. The van der Waals surface area contributed by atoms with Crippen molar-refractivity contribution in [2.75, 3.05) is 24.6 Å². The maximum atomic E-state index is 13.0. The average Bonchev–Trinajstić information content (AvgIpc) is 3.16. The molecule has 4 heterocycles. The molecule has 0 bridgehead atoms. The number of amides is 1. The fraction of sp³-hybridized carbons (Fsp3) is 0.474. The Bertz CT molecular complexity index is 969. The summed E-state index contributed by atoms with van der Waals surface area (Å²) in [6.45, 7) is 5.43. The summed E-state index contributed by atoms with van der Waals surface area (Å²) in [4.78, 5) is 21.0. The van der Waals surface area contributed by atoms with Gasteiger partial charge in [-0.05, 0) is 37.6 Å². The number of sulfone groups is 1. The Balaban J connectivity index is 1.59. The molecular weight excluding hydrogens is 366 g/mol. The van der Waals surface area contributed by atoms with Crippen LogP contribution in [0.2, 0.25) is 0 Å². The van der Waals surface area contributed by atoms with Crippen LogP contribution in [0.3, 0.4) is 0 Å². The number of carbonyl (C=O) groups excluding carboxylic acids is 1. The van der Waals surface area contributed by atoms with E-state index < -0.39 is 9.84 Å². The molecule has 2 aliphatic heterocycles. The lowest BCUT2D eigenvalue weighted by Crippen LogP contribution is -2.60. The molecule has 8 heteroatoms. The molecule has 144 valence electrons. The third-order valence-electron chi connectivity index (χ3n) is 5.33. The molecule has 7 nitrogen and oxygen atoms in total. The number of fused-ring (bicyclic) bond motifs is 1. The topological polar surface area (TPSA) is 83.7 Å². The minimum atomic E-state index is -3.19. The van der Waals surface area contributed by atoms with Crippen LogP contribution in [0.4, 0.5) is 0 Å². The second kappa shape index (κ2) is 6.76. The first-order chi connectivity index (χ1) is 12.8. The quantitative estimate of drug-likeness (QED) is 0.789. The predicted molar refractivity (Wildman–Crippen MR) is 100 cm³/mol. The second-order valence-electron chi connectivity index (χ2n) is 7.44. The molecule has 0 aromatic carbocycles. The zero-order valence-electron chi connectivity index (χ0n) is 15.5. The van der Waals surface area contributed by atoms with Crippen LogP contribution in [0.5, 0.6) is 0 Å². The predicted octanol–water partition coefficient (Wildman–Crippen LogP) is 1.42. The first kappa shape index (κ1) is 18.2. The van der Waals surface area contributed by atoms with Crippen molar-refractivity contribution in [3.8, 4) is 0 Å². The van der Waals surface area contributed by atoms with Crippen LogP contribution in [0, 0.1) is 13.8 Å². The van der Waals surface area contributed by atoms with Gasteiger partial charge in [0.15, 0.2) is 9.84 Å². The molecular formula is C19H23N3O4S. The van der Waals surface area contributed by atoms with Gasteiger partial charge in [-0.25, -0.2) is 8.42 Å². The van der Waals surface area contributed by atoms with Gasteiger partial charge >= 0.3 is 0 Å².